The molecule has 20 heavy (non-hydrogen) atoms. The molecule has 2 rings (SSSR count). The van der Waals surface area contributed by atoms with Crippen LogP contribution in [0.2, 0.25) is 0 Å². The summed E-state index contributed by atoms with van der Waals surface area (Å²) in [5.74, 6) is 4.25. The first-order valence-corrected chi connectivity index (χ1v) is 6.83. The Morgan fingerprint density at radius 1 is 1.30 bits per heavy atom. The molecule has 0 spiro atoms. The molecule has 1 aromatic carbocycles. The van der Waals surface area contributed by atoms with Gasteiger partial charge in [0, 0.05) is 28.3 Å². The van der Waals surface area contributed by atoms with Crippen molar-refractivity contribution in [3.63, 3.8) is 0 Å². The van der Waals surface area contributed by atoms with Crippen molar-refractivity contribution in [3.8, 4) is 0 Å². The number of aryl methyl sites for hydroxylation is 1. The van der Waals surface area contributed by atoms with Gasteiger partial charge in [-0.2, -0.15) is 0 Å². The zero-order chi connectivity index (χ0) is 14.7. The molecule has 0 aliphatic carbocycles. The Kier molecular flexibility index (Phi) is 4.80. The summed E-state index contributed by atoms with van der Waals surface area (Å²) in [6, 6.07) is 5.56. The highest BCUT2D eigenvalue weighted by molar-refractivity contribution is 9.10. The summed E-state index contributed by atoms with van der Waals surface area (Å²) >= 11 is 3.28. The SMILES string of the molecule is Cc1ccc(F)c(C(Cc2ccc(Br)cn2)NN)c1F. The fourth-order valence-electron chi connectivity index (χ4n) is 1.98. The molecule has 1 unspecified atom stereocenters. The van der Waals surface area contributed by atoms with Crippen LogP contribution in [0.15, 0.2) is 34.9 Å². The quantitative estimate of drug-likeness (QED) is 0.663. The molecule has 1 aromatic heterocycles. The van der Waals surface area contributed by atoms with Gasteiger partial charge < -0.3 is 0 Å². The van der Waals surface area contributed by atoms with Gasteiger partial charge in [0.05, 0.1) is 6.04 Å². The summed E-state index contributed by atoms with van der Waals surface area (Å²) in [4.78, 5) is 4.19. The monoisotopic (exact) mass is 341 g/mol. The number of hydrazine groups is 1. The van der Waals surface area contributed by atoms with Gasteiger partial charge in [0.1, 0.15) is 11.6 Å². The molecule has 0 aliphatic rings. The standard InChI is InChI=1S/C14H14BrF2N3/c1-8-2-5-11(16)13(14(8)17)12(20-18)6-10-4-3-9(15)7-19-10/h2-5,7,12,20H,6,18H2,1H3. The molecular formula is C14H14BrF2N3. The largest absolute Gasteiger partial charge is 0.271 e. The number of nitrogens with zero attached hydrogens (tertiary/aromatic N) is 1. The Balaban J connectivity index is 2.33. The average molecular weight is 342 g/mol. The Labute approximate surface area is 124 Å². The van der Waals surface area contributed by atoms with E-state index >= 15 is 0 Å². The molecule has 0 radical (unpaired) electrons. The van der Waals surface area contributed by atoms with Crippen molar-refractivity contribution in [1.82, 2.24) is 10.4 Å². The van der Waals surface area contributed by atoms with E-state index in [1.54, 1.807) is 19.2 Å². The lowest BCUT2D eigenvalue weighted by Gasteiger charge is -2.18. The van der Waals surface area contributed by atoms with Crippen molar-refractivity contribution in [2.24, 2.45) is 5.84 Å². The van der Waals surface area contributed by atoms with Gasteiger partial charge in [-0.3, -0.25) is 16.3 Å². The van der Waals surface area contributed by atoms with Crippen molar-refractivity contribution in [2.45, 2.75) is 19.4 Å². The first-order chi connectivity index (χ1) is 9.52. The molecule has 3 nitrogen and oxygen atoms in total. The smallest absolute Gasteiger partial charge is 0.133 e. The van der Waals surface area contributed by atoms with E-state index in [2.05, 4.69) is 26.3 Å². The highest BCUT2D eigenvalue weighted by Crippen LogP contribution is 2.25. The predicted molar refractivity (Wildman–Crippen MR) is 76.8 cm³/mol. The lowest BCUT2D eigenvalue weighted by Crippen LogP contribution is -2.31. The van der Waals surface area contributed by atoms with Gasteiger partial charge in [-0.1, -0.05) is 6.07 Å². The summed E-state index contributed by atoms with van der Waals surface area (Å²) < 4.78 is 28.8. The summed E-state index contributed by atoms with van der Waals surface area (Å²) in [6.07, 6.45) is 1.92. The van der Waals surface area contributed by atoms with Gasteiger partial charge in [-0.25, -0.2) is 8.78 Å². The molecule has 2 aromatic rings. The number of aromatic nitrogens is 1. The molecule has 1 atom stereocenters. The van der Waals surface area contributed by atoms with Crippen LogP contribution in [0.4, 0.5) is 8.78 Å². The zero-order valence-electron chi connectivity index (χ0n) is 10.8. The van der Waals surface area contributed by atoms with E-state index < -0.39 is 17.7 Å². The number of hydrogen-bond acceptors (Lipinski definition) is 3. The van der Waals surface area contributed by atoms with Gasteiger partial charge in [0.25, 0.3) is 0 Å². The van der Waals surface area contributed by atoms with E-state index in [1.165, 1.54) is 12.1 Å². The third-order valence-electron chi connectivity index (χ3n) is 3.07. The van der Waals surface area contributed by atoms with E-state index in [0.29, 0.717) is 17.7 Å². The second kappa shape index (κ2) is 6.39. The summed E-state index contributed by atoms with van der Waals surface area (Å²) in [7, 11) is 0. The lowest BCUT2D eigenvalue weighted by atomic mass is 9.99. The zero-order valence-corrected chi connectivity index (χ0v) is 12.4. The van der Waals surface area contributed by atoms with Crippen LogP contribution in [0, 0.1) is 18.6 Å². The normalized spacial score (nSPS) is 12.4. The predicted octanol–water partition coefficient (Wildman–Crippen LogP) is 3.18. The van der Waals surface area contributed by atoms with Crippen LogP contribution in [0.1, 0.15) is 22.9 Å². The third-order valence-corrected chi connectivity index (χ3v) is 3.54. The van der Waals surface area contributed by atoms with Crippen LogP contribution in [-0.2, 0) is 6.42 Å². The van der Waals surface area contributed by atoms with Crippen LogP contribution in [0.25, 0.3) is 0 Å². The van der Waals surface area contributed by atoms with Crippen LogP contribution in [-0.4, -0.2) is 4.98 Å². The third kappa shape index (κ3) is 3.20. The molecule has 0 amide bonds. The Bertz CT molecular complexity index is 602. The minimum Gasteiger partial charge on any atom is -0.271 e. The molecular weight excluding hydrogens is 328 g/mol. The molecule has 0 fully saturated rings. The Hall–Kier alpha value is -1.37. The first kappa shape index (κ1) is 15.0. The van der Waals surface area contributed by atoms with E-state index in [0.717, 1.165) is 4.47 Å². The van der Waals surface area contributed by atoms with Gasteiger partial charge in [-0.05, 0) is 46.6 Å². The maximum Gasteiger partial charge on any atom is 0.133 e. The number of nitrogens with one attached hydrogen (secondary N) is 1. The number of halogens is 3. The summed E-state index contributed by atoms with van der Waals surface area (Å²) in [6.45, 7) is 1.59. The van der Waals surface area contributed by atoms with Gasteiger partial charge in [-0.15, -0.1) is 0 Å². The molecule has 6 heteroatoms. The van der Waals surface area contributed by atoms with E-state index in [-0.39, 0.29) is 5.56 Å². The number of pyridine rings is 1. The van der Waals surface area contributed by atoms with Crippen molar-refractivity contribution in [2.75, 3.05) is 0 Å². The molecule has 0 aliphatic heterocycles. The van der Waals surface area contributed by atoms with Crippen LogP contribution < -0.4 is 11.3 Å². The van der Waals surface area contributed by atoms with E-state index in [1.807, 2.05) is 6.07 Å². The Morgan fingerprint density at radius 2 is 2.05 bits per heavy atom. The van der Waals surface area contributed by atoms with Gasteiger partial charge in [0.15, 0.2) is 0 Å². The minimum absolute atomic E-state index is 0.0581. The van der Waals surface area contributed by atoms with Crippen molar-refractivity contribution in [1.29, 1.82) is 0 Å². The maximum atomic E-state index is 14.1. The maximum absolute atomic E-state index is 14.1. The second-order valence-corrected chi connectivity index (χ2v) is 5.40. The van der Waals surface area contributed by atoms with Crippen LogP contribution >= 0.6 is 15.9 Å². The van der Waals surface area contributed by atoms with Crippen LogP contribution in [0.5, 0.6) is 0 Å². The number of benzene rings is 1. The molecule has 1 heterocycles. The lowest BCUT2D eigenvalue weighted by molar-refractivity contribution is 0.467. The fraction of sp³-hybridized carbons (Fsp3) is 0.214. The summed E-state index contributed by atoms with van der Waals surface area (Å²) in [5, 5.41) is 0. The highest BCUT2D eigenvalue weighted by Gasteiger charge is 2.21. The van der Waals surface area contributed by atoms with Crippen molar-refractivity contribution < 1.29 is 8.78 Å². The van der Waals surface area contributed by atoms with Crippen LogP contribution in [0.3, 0.4) is 0 Å². The summed E-state index contributed by atoms with van der Waals surface area (Å²) in [5.41, 5.74) is 3.47. The number of hydrogen-bond donors (Lipinski definition) is 2. The highest BCUT2D eigenvalue weighted by atomic mass is 79.9. The topological polar surface area (TPSA) is 50.9 Å². The average Bonchev–Trinajstić information content (AvgIpc) is 2.44. The molecule has 0 saturated carbocycles. The molecule has 0 bridgehead atoms. The molecule has 3 N–H and O–H groups in total. The minimum atomic E-state index is -0.677. The van der Waals surface area contributed by atoms with Crippen molar-refractivity contribution in [3.05, 3.63) is 63.4 Å². The van der Waals surface area contributed by atoms with Gasteiger partial charge >= 0.3 is 0 Å². The number of nitrogens with two attached hydrogens (primary N) is 1. The second-order valence-electron chi connectivity index (χ2n) is 4.48. The van der Waals surface area contributed by atoms with Crippen molar-refractivity contribution >= 4 is 15.9 Å². The first-order valence-electron chi connectivity index (χ1n) is 6.04. The fourth-order valence-corrected chi connectivity index (χ4v) is 2.21. The molecule has 106 valence electrons. The molecule has 0 saturated heterocycles. The van der Waals surface area contributed by atoms with E-state index in [4.69, 9.17) is 5.84 Å². The van der Waals surface area contributed by atoms with E-state index in [9.17, 15) is 8.78 Å². The van der Waals surface area contributed by atoms with Gasteiger partial charge in [0.2, 0.25) is 0 Å². The number of rotatable bonds is 4. The Morgan fingerprint density at radius 3 is 2.65 bits per heavy atom.